The average Bonchev–Trinajstić information content (AvgIpc) is 3.71. The van der Waals surface area contributed by atoms with Gasteiger partial charge in [0.05, 0.1) is 0 Å². The third-order valence-corrected chi connectivity index (χ3v) is 15.0. The standard InChI is InChI=1S/C64H46/c1-63(2)57-23-13-11-19-47(57)49-31-29-43(35-59(49)63)53-37-55-56(38-54(53)44-30-32-50-48-20-12-14-24-58(48)64(3,4)60(50)36-44)62(46-28-26-40-16-6-8-18-42(40)34-46)52-22-10-9-21-51(52)61(55)45-27-25-39-15-5-7-17-41(39)33-45/h5-38H,1-4H3. The Morgan fingerprint density at radius 3 is 1.05 bits per heavy atom. The highest BCUT2D eigenvalue weighted by atomic mass is 14.4. The Balaban J connectivity index is 1.17. The summed E-state index contributed by atoms with van der Waals surface area (Å²) in [6.07, 6.45) is 0. The van der Waals surface area contributed by atoms with Gasteiger partial charge >= 0.3 is 0 Å². The van der Waals surface area contributed by atoms with E-state index in [-0.39, 0.29) is 10.8 Å². The van der Waals surface area contributed by atoms with Gasteiger partial charge < -0.3 is 0 Å². The third-order valence-electron chi connectivity index (χ3n) is 15.0. The average molecular weight is 815 g/mol. The van der Waals surface area contributed by atoms with Gasteiger partial charge in [-0.15, -0.1) is 0 Å². The molecule has 13 rings (SSSR count). The first kappa shape index (κ1) is 37.1. The van der Waals surface area contributed by atoms with E-state index in [0.29, 0.717) is 0 Å². The molecule has 11 aromatic carbocycles. The summed E-state index contributed by atoms with van der Waals surface area (Å²) in [4.78, 5) is 0. The molecule has 0 nitrogen and oxygen atoms in total. The molecule has 0 unspecified atom stereocenters. The van der Waals surface area contributed by atoms with Crippen molar-refractivity contribution in [3.8, 4) is 66.8 Å². The summed E-state index contributed by atoms with van der Waals surface area (Å²) in [6.45, 7) is 9.57. The van der Waals surface area contributed by atoms with Crippen molar-refractivity contribution >= 4 is 43.1 Å². The van der Waals surface area contributed by atoms with Crippen molar-refractivity contribution in [2.45, 2.75) is 38.5 Å². The Bertz CT molecular complexity index is 3530. The van der Waals surface area contributed by atoms with E-state index in [2.05, 4.69) is 234 Å². The molecule has 0 radical (unpaired) electrons. The molecule has 0 N–H and O–H groups in total. The number of fused-ring (bicyclic) bond motifs is 10. The van der Waals surface area contributed by atoms with E-state index in [1.165, 1.54) is 132 Å². The molecule has 0 heterocycles. The summed E-state index contributed by atoms with van der Waals surface area (Å²) >= 11 is 0. The van der Waals surface area contributed by atoms with Crippen LogP contribution in [0.15, 0.2) is 206 Å². The highest BCUT2D eigenvalue weighted by Gasteiger charge is 2.37. The zero-order valence-electron chi connectivity index (χ0n) is 36.6. The van der Waals surface area contributed by atoms with Crippen LogP contribution in [0.2, 0.25) is 0 Å². The van der Waals surface area contributed by atoms with E-state index >= 15 is 0 Å². The third kappa shape index (κ3) is 5.29. The van der Waals surface area contributed by atoms with Gasteiger partial charge in [0.2, 0.25) is 0 Å². The van der Waals surface area contributed by atoms with Gasteiger partial charge in [-0.3, -0.25) is 0 Å². The molecule has 2 aliphatic rings. The Morgan fingerprint density at radius 2 is 0.594 bits per heavy atom. The molecule has 2 aliphatic carbocycles. The van der Waals surface area contributed by atoms with E-state index in [4.69, 9.17) is 0 Å². The highest BCUT2D eigenvalue weighted by Crippen LogP contribution is 2.54. The van der Waals surface area contributed by atoms with Crippen LogP contribution in [0.5, 0.6) is 0 Å². The summed E-state index contributed by atoms with van der Waals surface area (Å²) in [5.74, 6) is 0. The molecule has 0 spiro atoms. The largest absolute Gasteiger partial charge is 0.0619 e. The summed E-state index contributed by atoms with van der Waals surface area (Å²) < 4.78 is 0. The fraction of sp³-hybridized carbons (Fsp3) is 0.0938. The van der Waals surface area contributed by atoms with Crippen LogP contribution in [0.25, 0.3) is 110 Å². The topological polar surface area (TPSA) is 0 Å². The van der Waals surface area contributed by atoms with Crippen LogP contribution in [-0.2, 0) is 10.8 Å². The molecule has 0 amide bonds. The SMILES string of the molecule is CC1(C)c2ccccc2-c2ccc(-c3cc4c(-c5ccc6ccccc6c5)c5ccccc5c(-c5ccc6ccccc6c5)c4cc3-c3ccc4c(c3)C(C)(C)c3ccccc3-4)cc21. The first-order valence-electron chi connectivity index (χ1n) is 22.7. The van der Waals surface area contributed by atoms with Gasteiger partial charge in [0.1, 0.15) is 0 Å². The summed E-state index contributed by atoms with van der Waals surface area (Å²) in [5, 5.41) is 10.0. The zero-order valence-corrected chi connectivity index (χ0v) is 36.6. The zero-order chi connectivity index (χ0) is 42.9. The van der Waals surface area contributed by atoms with Crippen LogP contribution in [-0.4, -0.2) is 0 Å². The first-order valence-corrected chi connectivity index (χ1v) is 22.7. The van der Waals surface area contributed by atoms with E-state index in [1.807, 2.05) is 0 Å². The minimum Gasteiger partial charge on any atom is -0.0619 e. The van der Waals surface area contributed by atoms with Crippen molar-refractivity contribution in [3.63, 3.8) is 0 Å². The fourth-order valence-corrected chi connectivity index (χ4v) is 11.8. The van der Waals surface area contributed by atoms with Gasteiger partial charge in [-0.05, 0) is 169 Å². The smallest absolute Gasteiger partial charge is 0.0159 e. The van der Waals surface area contributed by atoms with Gasteiger partial charge in [0.25, 0.3) is 0 Å². The lowest BCUT2D eigenvalue weighted by atomic mass is 9.79. The van der Waals surface area contributed by atoms with E-state index in [0.717, 1.165) is 0 Å². The van der Waals surface area contributed by atoms with Gasteiger partial charge in [0, 0.05) is 10.8 Å². The molecule has 0 atom stereocenters. The second-order valence-electron chi connectivity index (χ2n) is 19.2. The number of hydrogen-bond donors (Lipinski definition) is 0. The molecule has 302 valence electrons. The molecule has 0 fully saturated rings. The van der Waals surface area contributed by atoms with Crippen LogP contribution in [0.4, 0.5) is 0 Å². The maximum atomic E-state index is 2.55. The number of rotatable bonds is 4. The van der Waals surface area contributed by atoms with Crippen molar-refractivity contribution in [1.29, 1.82) is 0 Å². The van der Waals surface area contributed by atoms with Gasteiger partial charge in [-0.2, -0.15) is 0 Å². The number of hydrogen-bond acceptors (Lipinski definition) is 0. The lowest BCUT2D eigenvalue weighted by Crippen LogP contribution is -2.15. The molecular formula is C64H46. The van der Waals surface area contributed by atoms with Crippen LogP contribution < -0.4 is 0 Å². The lowest BCUT2D eigenvalue weighted by molar-refractivity contribution is 0.660. The Hall–Kier alpha value is -7.54. The molecule has 0 aliphatic heterocycles. The van der Waals surface area contributed by atoms with Crippen molar-refractivity contribution < 1.29 is 0 Å². The summed E-state index contributed by atoms with van der Waals surface area (Å²) in [7, 11) is 0. The molecule has 0 heteroatoms. The maximum absolute atomic E-state index is 2.55. The van der Waals surface area contributed by atoms with E-state index in [9.17, 15) is 0 Å². The Morgan fingerprint density at radius 1 is 0.234 bits per heavy atom. The molecule has 0 saturated heterocycles. The van der Waals surface area contributed by atoms with Gasteiger partial charge in [-0.25, -0.2) is 0 Å². The normalized spacial score (nSPS) is 14.2. The quantitative estimate of drug-likeness (QED) is 0.155. The Labute approximate surface area is 375 Å². The van der Waals surface area contributed by atoms with Crippen molar-refractivity contribution in [2.24, 2.45) is 0 Å². The fourth-order valence-electron chi connectivity index (χ4n) is 11.8. The predicted octanol–water partition coefficient (Wildman–Crippen LogP) is 17.6. The molecular weight excluding hydrogens is 769 g/mol. The van der Waals surface area contributed by atoms with Crippen LogP contribution in [0.1, 0.15) is 49.9 Å². The van der Waals surface area contributed by atoms with Crippen molar-refractivity contribution in [3.05, 3.63) is 229 Å². The van der Waals surface area contributed by atoms with Crippen LogP contribution in [0.3, 0.4) is 0 Å². The number of benzene rings is 11. The molecule has 0 saturated carbocycles. The molecule has 64 heavy (non-hydrogen) atoms. The second kappa shape index (κ2) is 13.5. The molecule has 0 bridgehead atoms. The second-order valence-corrected chi connectivity index (χ2v) is 19.2. The lowest BCUT2D eigenvalue weighted by Gasteiger charge is -2.24. The van der Waals surface area contributed by atoms with Crippen molar-refractivity contribution in [1.82, 2.24) is 0 Å². The minimum atomic E-state index is -0.127. The van der Waals surface area contributed by atoms with Gasteiger partial charge in [0.15, 0.2) is 0 Å². The van der Waals surface area contributed by atoms with Crippen LogP contribution >= 0.6 is 0 Å². The first-order chi connectivity index (χ1) is 31.2. The van der Waals surface area contributed by atoms with Crippen LogP contribution in [0, 0.1) is 0 Å². The van der Waals surface area contributed by atoms with Crippen molar-refractivity contribution in [2.75, 3.05) is 0 Å². The van der Waals surface area contributed by atoms with E-state index in [1.54, 1.807) is 0 Å². The maximum Gasteiger partial charge on any atom is 0.0159 e. The summed E-state index contributed by atoms with van der Waals surface area (Å²) in [5.41, 5.74) is 20.6. The highest BCUT2D eigenvalue weighted by molar-refractivity contribution is 6.23. The predicted molar refractivity (Wildman–Crippen MR) is 273 cm³/mol. The van der Waals surface area contributed by atoms with E-state index < -0.39 is 0 Å². The minimum absolute atomic E-state index is 0.127. The summed E-state index contributed by atoms with van der Waals surface area (Å²) in [6, 6.07) is 78.3. The molecule has 11 aromatic rings. The monoisotopic (exact) mass is 814 g/mol. The molecule has 0 aromatic heterocycles. The van der Waals surface area contributed by atoms with Gasteiger partial charge in [-0.1, -0.05) is 198 Å². The Kier molecular flexibility index (Phi) is 7.80.